The van der Waals surface area contributed by atoms with Gasteiger partial charge in [-0.1, -0.05) is 12.1 Å². The SMILES string of the molecule is CCNC(=NC[C@H]1CCCN1S(C)(=O)=O)NC(C)c1cccc(N2CCCC2)c1.I. The molecule has 2 heterocycles. The number of guanidine groups is 1. The van der Waals surface area contributed by atoms with E-state index in [1.165, 1.54) is 30.3 Å². The maximum atomic E-state index is 12.0. The summed E-state index contributed by atoms with van der Waals surface area (Å²) >= 11 is 0. The van der Waals surface area contributed by atoms with Crippen LogP contribution in [-0.2, 0) is 10.0 Å². The average molecular weight is 550 g/mol. The number of hydrogen-bond donors (Lipinski definition) is 2. The molecule has 2 aliphatic heterocycles. The Bertz CT molecular complexity index is 811. The lowest BCUT2D eigenvalue weighted by atomic mass is 10.1. The molecule has 0 bridgehead atoms. The first-order chi connectivity index (χ1) is 13.9. The predicted molar refractivity (Wildman–Crippen MR) is 135 cm³/mol. The maximum Gasteiger partial charge on any atom is 0.211 e. The third-order valence-electron chi connectivity index (χ3n) is 5.75. The number of anilines is 1. The van der Waals surface area contributed by atoms with E-state index in [4.69, 9.17) is 4.99 Å². The molecule has 7 nitrogen and oxygen atoms in total. The molecule has 2 N–H and O–H groups in total. The fourth-order valence-corrected chi connectivity index (χ4v) is 5.37. The summed E-state index contributed by atoms with van der Waals surface area (Å²) in [6, 6.07) is 8.76. The molecule has 3 rings (SSSR count). The summed E-state index contributed by atoms with van der Waals surface area (Å²) in [6.45, 7) is 8.27. The van der Waals surface area contributed by atoms with Gasteiger partial charge in [-0.15, -0.1) is 24.0 Å². The molecular weight excluding hydrogens is 513 g/mol. The van der Waals surface area contributed by atoms with E-state index in [1.54, 1.807) is 4.31 Å². The summed E-state index contributed by atoms with van der Waals surface area (Å²) < 4.78 is 25.5. The Balaban J connectivity index is 0.00000320. The monoisotopic (exact) mass is 549 g/mol. The summed E-state index contributed by atoms with van der Waals surface area (Å²) in [6.07, 6.45) is 5.58. The van der Waals surface area contributed by atoms with Gasteiger partial charge in [0.25, 0.3) is 0 Å². The van der Waals surface area contributed by atoms with E-state index in [-0.39, 0.29) is 36.1 Å². The number of nitrogens with one attached hydrogen (secondary N) is 2. The van der Waals surface area contributed by atoms with E-state index in [0.717, 1.165) is 38.4 Å². The van der Waals surface area contributed by atoms with Crippen molar-refractivity contribution in [2.45, 2.75) is 51.6 Å². The molecule has 0 spiro atoms. The summed E-state index contributed by atoms with van der Waals surface area (Å²) in [5.74, 6) is 0.729. The van der Waals surface area contributed by atoms with Crippen LogP contribution >= 0.6 is 24.0 Å². The molecule has 1 aromatic carbocycles. The summed E-state index contributed by atoms with van der Waals surface area (Å²) in [4.78, 5) is 7.14. The van der Waals surface area contributed by atoms with Crippen LogP contribution in [0.5, 0.6) is 0 Å². The molecule has 30 heavy (non-hydrogen) atoms. The molecule has 2 aliphatic rings. The highest BCUT2D eigenvalue weighted by Gasteiger charge is 2.31. The van der Waals surface area contributed by atoms with Crippen molar-refractivity contribution in [1.29, 1.82) is 0 Å². The van der Waals surface area contributed by atoms with Crippen LogP contribution in [0, 0.1) is 0 Å². The zero-order valence-corrected chi connectivity index (χ0v) is 21.4. The lowest BCUT2D eigenvalue weighted by molar-refractivity contribution is 0.396. The summed E-state index contributed by atoms with van der Waals surface area (Å²) in [5.41, 5.74) is 2.50. The summed E-state index contributed by atoms with van der Waals surface area (Å²) in [5, 5.41) is 6.77. The van der Waals surface area contributed by atoms with Crippen molar-refractivity contribution in [2.24, 2.45) is 4.99 Å². The van der Waals surface area contributed by atoms with E-state index < -0.39 is 10.0 Å². The Morgan fingerprint density at radius 1 is 1.23 bits per heavy atom. The van der Waals surface area contributed by atoms with Gasteiger partial charge >= 0.3 is 0 Å². The van der Waals surface area contributed by atoms with Gasteiger partial charge < -0.3 is 15.5 Å². The van der Waals surface area contributed by atoms with Crippen molar-refractivity contribution in [2.75, 3.05) is 43.9 Å². The minimum Gasteiger partial charge on any atom is -0.372 e. The number of rotatable bonds is 7. The molecule has 0 aliphatic carbocycles. The summed E-state index contributed by atoms with van der Waals surface area (Å²) in [7, 11) is -3.17. The van der Waals surface area contributed by atoms with E-state index in [9.17, 15) is 8.42 Å². The number of nitrogens with zero attached hydrogens (tertiary/aromatic N) is 3. The van der Waals surface area contributed by atoms with Gasteiger partial charge in [-0.25, -0.2) is 8.42 Å². The molecule has 0 saturated carbocycles. The van der Waals surface area contributed by atoms with Crippen LogP contribution in [0.4, 0.5) is 5.69 Å². The van der Waals surface area contributed by atoms with E-state index in [1.807, 2.05) is 6.92 Å². The van der Waals surface area contributed by atoms with Crippen LogP contribution in [0.1, 0.15) is 51.1 Å². The predicted octanol–water partition coefficient (Wildman–Crippen LogP) is 2.94. The molecule has 2 fully saturated rings. The van der Waals surface area contributed by atoms with Gasteiger partial charge in [0.2, 0.25) is 10.0 Å². The number of aliphatic imine (C=N–C) groups is 1. The Morgan fingerprint density at radius 2 is 1.97 bits per heavy atom. The van der Waals surface area contributed by atoms with E-state index >= 15 is 0 Å². The van der Waals surface area contributed by atoms with Crippen LogP contribution in [0.25, 0.3) is 0 Å². The van der Waals surface area contributed by atoms with Gasteiger partial charge in [0.15, 0.2) is 5.96 Å². The highest BCUT2D eigenvalue weighted by atomic mass is 127. The molecule has 9 heteroatoms. The Labute approximate surface area is 198 Å². The Hall–Kier alpha value is -1.07. The van der Waals surface area contributed by atoms with Gasteiger partial charge in [-0.2, -0.15) is 4.31 Å². The van der Waals surface area contributed by atoms with Crippen LogP contribution in [0.15, 0.2) is 29.3 Å². The maximum absolute atomic E-state index is 12.0. The number of hydrogen-bond acceptors (Lipinski definition) is 4. The standard InChI is InChI=1S/C21H35N5O2S.HI/c1-4-22-21(23-16-20-11-8-14-26(20)29(3,27)28)24-17(2)18-9-7-10-19(15-18)25-12-5-6-13-25;/h7,9-10,15,17,20H,4-6,8,11-14,16H2,1-3H3,(H2,22,23,24);1H/t17?,20-;/m1./s1. The third kappa shape index (κ3) is 6.71. The first kappa shape index (κ1) is 25.2. The average Bonchev–Trinajstić information content (AvgIpc) is 3.38. The normalized spacial score (nSPS) is 21.4. The minimum absolute atomic E-state index is 0. The fraction of sp³-hybridized carbons (Fsp3) is 0.667. The first-order valence-electron chi connectivity index (χ1n) is 10.7. The number of sulfonamides is 1. The quantitative estimate of drug-likeness (QED) is 0.311. The van der Waals surface area contributed by atoms with Crippen molar-refractivity contribution in [3.8, 4) is 0 Å². The topological polar surface area (TPSA) is 77.0 Å². The first-order valence-corrected chi connectivity index (χ1v) is 12.6. The van der Waals surface area contributed by atoms with Crippen molar-refractivity contribution < 1.29 is 8.42 Å². The van der Waals surface area contributed by atoms with Gasteiger partial charge in [0.05, 0.1) is 18.8 Å². The molecule has 0 aromatic heterocycles. The van der Waals surface area contributed by atoms with E-state index in [2.05, 4.69) is 46.7 Å². The second kappa shape index (κ2) is 11.5. The van der Waals surface area contributed by atoms with E-state index in [0.29, 0.717) is 13.1 Å². The van der Waals surface area contributed by atoms with Gasteiger partial charge in [-0.05, 0) is 57.2 Å². The zero-order valence-electron chi connectivity index (χ0n) is 18.3. The van der Waals surface area contributed by atoms with Crippen LogP contribution in [-0.4, -0.2) is 63.7 Å². The van der Waals surface area contributed by atoms with Crippen LogP contribution in [0.3, 0.4) is 0 Å². The van der Waals surface area contributed by atoms with Crippen LogP contribution < -0.4 is 15.5 Å². The lowest BCUT2D eigenvalue weighted by Crippen LogP contribution is -2.41. The molecule has 170 valence electrons. The molecule has 1 aromatic rings. The number of halogens is 1. The molecule has 0 amide bonds. The third-order valence-corrected chi connectivity index (χ3v) is 7.08. The van der Waals surface area contributed by atoms with Crippen LogP contribution in [0.2, 0.25) is 0 Å². The van der Waals surface area contributed by atoms with Gasteiger partial charge in [-0.3, -0.25) is 4.99 Å². The zero-order chi connectivity index (χ0) is 20.9. The second-order valence-electron chi connectivity index (χ2n) is 8.04. The second-order valence-corrected chi connectivity index (χ2v) is 9.98. The van der Waals surface area contributed by atoms with Crippen molar-refractivity contribution in [3.05, 3.63) is 29.8 Å². The molecule has 2 saturated heterocycles. The molecule has 0 radical (unpaired) electrons. The molecule has 2 atom stereocenters. The fourth-order valence-electron chi connectivity index (χ4n) is 4.20. The lowest BCUT2D eigenvalue weighted by Gasteiger charge is -2.23. The molecular formula is C21H36IN5O2S. The Morgan fingerprint density at radius 3 is 2.63 bits per heavy atom. The largest absolute Gasteiger partial charge is 0.372 e. The van der Waals surface area contributed by atoms with Crippen molar-refractivity contribution in [3.63, 3.8) is 0 Å². The number of benzene rings is 1. The van der Waals surface area contributed by atoms with Crippen molar-refractivity contribution >= 4 is 45.6 Å². The molecule has 1 unspecified atom stereocenters. The van der Waals surface area contributed by atoms with Gasteiger partial charge in [0, 0.05) is 37.9 Å². The smallest absolute Gasteiger partial charge is 0.211 e. The highest BCUT2D eigenvalue weighted by Crippen LogP contribution is 2.24. The minimum atomic E-state index is -3.17. The Kier molecular flexibility index (Phi) is 9.67. The van der Waals surface area contributed by atoms with Gasteiger partial charge in [0.1, 0.15) is 0 Å². The highest BCUT2D eigenvalue weighted by molar-refractivity contribution is 14.0. The van der Waals surface area contributed by atoms with Crippen molar-refractivity contribution in [1.82, 2.24) is 14.9 Å².